The highest BCUT2D eigenvalue weighted by Gasteiger charge is 2.22. The molecule has 0 aliphatic heterocycles. The molecule has 1 aromatic rings. The van der Waals surface area contributed by atoms with Crippen LogP contribution >= 0.6 is 0 Å². The second kappa shape index (κ2) is 6.21. The Hall–Kier alpha value is -2.33. The lowest BCUT2D eigenvalue weighted by Crippen LogP contribution is -2.30. The van der Waals surface area contributed by atoms with Crippen LogP contribution in [0.4, 0.5) is 10.5 Å². The Balaban J connectivity index is 2.94. The van der Waals surface area contributed by atoms with E-state index in [9.17, 15) is 18.0 Å². The highest BCUT2D eigenvalue weighted by atomic mass is 32.2. The van der Waals surface area contributed by atoms with Crippen LogP contribution in [0.25, 0.3) is 0 Å². The van der Waals surface area contributed by atoms with Crippen molar-refractivity contribution >= 4 is 27.8 Å². The van der Waals surface area contributed by atoms with Crippen molar-refractivity contribution in [1.82, 2.24) is 4.72 Å². The van der Waals surface area contributed by atoms with Crippen LogP contribution in [0.2, 0.25) is 0 Å². The van der Waals surface area contributed by atoms with Crippen LogP contribution in [0.1, 0.15) is 10.4 Å². The molecule has 1 aromatic carbocycles. The first-order valence-corrected chi connectivity index (χ1v) is 6.77. The number of amides is 1. The predicted octanol–water partition coefficient (Wildman–Crippen LogP) is -0.659. The van der Waals surface area contributed by atoms with Gasteiger partial charge in [-0.05, 0) is 18.2 Å². The molecule has 6 N–H and O–H groups in total. The van der Waals surface area contributed by atoms with Gasteiger partial charge in [0.2, 0.25) is 10.0 Å². The average Bonchev–Trinajstić information content (AvgIpc) is 2.34. The van der Waals surface area contributed by atoms with Crippen LogP contribution in [0.3, 0.4) is 0 Å². The number of primary amides is 1. The van der Waals surface area contributed by atoms with Crippen molar-refractivity contribution in [1.29, 1.82) is 0 Å². The molecule has 110 valence electrons. The summed E-state index contributed by atoms with van der Waals surface area (Å²) in [5, 5.41) is 8.95. The zero-order valence-corrected chi connectivity index (χ0v) is 11.0. The van der Waals surface area contributed by atoms with Crippen molar-refractivity contribution in [3.63, 3.8) is 0 Å². The van der Waals surface area contributed by atoms with E-state index in [1.54, 1.807) is 0 Å². The third-order valence-corrected chi connectivity index (χ3v) is 3.67. The summed E-state index contributed by atoms with van der Waals surface area (Å²) < 4.78 is 30.3. The van der Waals surface area contributed by atoms with Crippen molar-refractivity contribution in [3.8, 4) is 0 Å². The van der Waals surface area contributed by atoms with Gasteiger partial charge in [0.15, 0.2) is 0 Å². The van der Waals surface area contributed by atoms with E-state index in [0.717, 1.165) is 12.1 Å². The summed E-state index contributed by atoms with van der Waals surface area (Å²) in [6.45, 7) is -0.529. The van der Waals surface area contributed by atoms with Gasteiger partial charge in [0.25, 0.3) is 0 Å². The number of carbonyl (C=O) groups is 2. The Kier molecular flexibility index (Phi) is 4.88. The average molecular weight is 303 g/mol. The van der Waals surface area contributed by atoms with E-state index in [2.05, 4.69) is 9.46 Å². The molecule has 0 atom stereocenters. The van der Waals surface area contributed by atoms with Crippen molar-refractivity contribution in [3.05, 3.63) is 23.8 Å². The van der Waals surface area contributed by atoms with Gasteiger partial charge in [-0.3, -0.25) is 0 Å². The number of carboxylic acids is 1. The van der Waals surface area contributed by atoms with Gasteiger partial charge in [-0.15, -0.1) is 0 Å². The van der Waals surface area contributed by atoms with Gasteiger partial charge < -0.3 is 21.3 Å². The van der Waals surface area contributed by atoms with E-state index in [4.69, 9.17) is 16.6 Å². The minimum absolute atomic E-state index is 0.101. The van der Waals surface area contributed by atoms with Gasteiger partial charge in [-0.25, -0.2) is 22.7 Å². The third-order valence-electron chi connectivity index (χ3n) is 2.16. The smallest absolute Gasteiger partial charge is 0.404 e. The number of benzene rings is 1. The quantitative estimate of drug-likeness (QED) is 0.400. The van der Waals surface area contributed by atoms with Gasteiger partial charge in [0, 0.05) is 12.2 Å². The molecule has 20 heavy (non-hydrogen) atoms. The topological polar surface area (TPSA) is 162 Å². The molecule has 0 bridgehead atoms. The normalized spacial score (nSPS) is 11.0. The van der Waals surface area contributed by atoms with Crippen LogP contribution < -0.4 is 16.2 Å². The molecule has 0 spiro atoms. The summed E-state index contributed by atoms with van der Waals surface area (Å²) in [5.74, 6) is -1.40. The molecule has 0 fully saturated rings. The van der Waals surface area contributed by atoms with E-state index < -0.39 is 32.5 Å². The molecule has 0 unspecified atom stereocenters. The first kappa shape index (κ1) is 15.7. The Morgan fingerprint density at radius 2 is 2.00 bits per heavy atom. The summed E-state index contributed by atoms with van der Waals surface area (Å²) in [4.78, 5) is 20.8. The molecule has 0 aromatic heterocycles. The maximum atomic E-state index is 12.0. The Morgan fingerprint density at radius 3 is 2.55 bits per heavy atom. The lowest BCUT2D eigenvalue weighted by Gasteiger charge is -2.10. The third kappa shape index (κ3) is 4.10. The van der Waals surface area contributed by atoms with Crippen LogP contribution in [0.5, 0.6) is 0 Å². The largest absolute Gasteiger partial charge is 0.478 e. The molecule has 0 heterocycles. The zero-order chi connectivity index (χ0) is 15.3. The molecule has 1 rings (SSSR count). The predicted molar refractivity (Wildman–Crippen MR) is 68.5 cm³/mol. The fourth-order valence-electron chi connectivity index (χ4n) is 1.34. The SMILES string of the molecule is NC(=O)OCCNS(=O)(=O)c1cc(N)ccc1C(=O)O. The number of nitrogens with one attached hydrogen (secondary N) is 1. The molecule has 0 saturated heterocycles. The number of hydrogen-bond acceptors (Lipinski definition) is 6. The molecular formula is C10H13N3O6S. The van der Waals surface area contributed by atoms with Gasteiger partial charge >= 0.3 is 12.1 Å². The van der Waals surface area contributed by atoms with E-state index in [1.165, 1.54) is 6.07 Å². The summed E-state index contributed by atoms with van der Waals surface area (Å²) >= 11 is 0. The number of carboxylic acid groups (broad SMARTS) is 1. The number of nitrogens with two attached hydrogens (primary N) is 2. The molecule has 0 saturated carbocycles. The van der Waals surface area contributed by atoms with Crippen molar-refractivity contribution < 1.29 is 27.9 Å². The lowest BCUT2D eigenvalue weighted by atomic mass is 10.2. The van der Waals surface area contributed by atoms with Crippen molar-refractivity contribution in [2.45, 2.75) is 4.90 Å². The first-order chi connectivity index (χ1) is 9.24. The van der Waals surface area contributed by atoms with Gasteiger partial charge in [0.1, 0.15) is 6.61 Å². The Labute approximate surface area is 114 Å². The minimum atomic E-state index is -4.10. The second-order valence-corrected chi connectivity index (χ2v) is 5.36. The maximum Gasteiger partial charge on any atom is 0.404 e. The van der Waals surface area contributed by atoms with E-state index in [0.29, 0.717) is 0 Å². The van der Waals surface area contributed by atoms with Crippen molar-refractivity contribution in [2.75, 3.05) is 18.9 Å². The molecule has 0 radical (unpaired) electrons. The summed E-state index contributed by atoms with van der Waals surface area (Å²) in [5.41, 5.74) is 9.84. The number of rotatable bonds is 6. The number of sulfonamides is 1. The van der Waals surface area contributed by atoms with Gasteiger partial charge in [-0.1, -0.05) is 0 Å². The first-order valence-electron chi connectivity index (χ1n) is 5.29. The molecular weight excluding hydrogens is 290 g/mol. The van der Waals surface area contributed by atoms with E-state index in [-0.39, 0.29) is 18.8 Å². The second-order valence-electron chi connectivity index (χ2n) is 3.63. The summed E-state index contributed by atoms with van der Waals surface area (Å²) in [7, 11) is -4.10. The fourth-order valence-corrected chi connectivity index (χ4v) is 2.59. The van der Waals surface area contributed by atoms with Crippen LogP contribution in [0.15, 0.2) is 23.1 Å². The van der Waals surface area contributed by atoms with Crippen LogP contribution in [-0.2, 0) is 14.8 Å². The Bertz CT molecular complexity index is 628. The highest BCUT2D eigenvalue weighted by molar-refractivity contribution is 7.89. The van der Waals surface area contributed by atoms with Crippen molar-refractivity contribution in [2.24, 2.45) is 5.73 Å². The number of aromatic carboxylic acids is 1. The number of ether oxygens (including phenoxy) is 1. The highest BCUT2D eigenvalue weighted by Crippen LogP contribution is 2.19. The zero-order valence-electron chi connectivity index (χ0n) is 10.2. The number of hydrogen-bond donors (Lipinski definition) is 4. The molecule has 0 aliphatic rings. The van der Waals surface area contributed by atoms with Crippen LogP contribution in [-0.4, -0.2) is 38.7 Å². The Morgan fingerprint density at radius 1 is 1.35 bits per heavy atom. The number of anilines is 1. The lowest BCUT2D eigenvalue weighted by molar-refractivity contribution is 0.0692. The van der Waals surface area contributed by atoms with Crippen LogP contribution in [0, 0.1) is 0 Å². The summed E-state index contributed by atoms with van der Waals surface area (Å²) in [6, 6.07) is 3.39. The van der Waals surface area contributed by atoms with Gasteiger partial charge in [-0.2, -0.15) is 0 Å². The monoisotopic (exact) mass is 303 g/mol. The summed E-state index contributed by atoms with van der Waals surface area (Å²) in [6.07, 6.45) is -1.04. The molecule has 1 amide bonds. The van der Waals surface area contributed by atoms with E-state index >= 15 is 0 Å². The fraction of sp³-hybridized carbons (Fsp3) is 0.200. The van der Waals surface area contributed by atoms with Gasteiger partial charge in [0.05, 0.1) is 10.5 Å². The number of carbonyl (C=O) groups excluding carboxylic acids is 1. The maximum absolute atomic E-state index is 12.0. The molecule has 9 nitrogen and oxygen atoms in total. The minimum Gasteiger partial charge on any atom is -0.478 e. The molecule has 0 aliphatic carbocycles. The standard InChI is InChI=1S/C10H13N3O6S/c11-6-1-2-7(9(14)15)8(5-6)20(17,18)13-3-4-19-10(12)16/h1-2,5,13H,3-4,11H2,(H2,12,16)(H,14,15). The van der Waals surface area contributed by atoms with E-state index in [1.807, 2.05) is 0 Å². The molecule has 10 heteroatoms. The number of nitrogen functional groups attached to an aromatic ring is 1.